The molecule has 0 aliphatic carbocycles. The van der Waals surface area contributed by atoms with E-state index >= 15 is 0 Å². The van der Waals surface area contributed by atoms with E-state index < -0.39 is 17.4 Å². The highest BCUT2D eigenvalue weighted by Crippen LogP contribution is 2.43. The normalized spacial score (nSPS) is 15.6. The summed E-state index contributed by atoms with van der Waals surface area (Å²) in [5.74, 6) is -0.371. The van der Waals surface area contributed by atoms with Crippen molar-refractivity contribution in [3.63, 3.8) is 0 Å². The molecule has 4 nitrogen and oxygen atoms in total. The van der Waals surface area contributed by atoms with Crippen LogP contribution in [-0.2, 0) is 9.59 Å². The lowest BCUT2D eigenvalue weighted by atomic mass is 9.67. The lowest BCUT2D eigenvalue weighted by Gasteiger charge is -2.36. The zero-order chi connectivity index (χ0) is 22.1. The van der Waals surface area contributed by atoms with Gasteiger partial charge in [-0.15, -0.1) is 0 Å². The van der Waals surface area contributed by atoms with Gasteiger partial charge in [-0.2, -0.15) is 0 Å². The summed E-state index contributed by atoms with van der Waals surface area (Å²) in [6.45, 7) is 8.80. The molecule has 0 spiro atoms. The molecule has 0 radical (unpaired) electrons. The van der Waals surface area contributed by atoms with Gasteiger partial charge in [0.2, 0.25) is 0 Å². The quantitative estimate of drug-likeness (QED) is 0.201. The van der Waals surface area contributed by atoms with Crippen LogP contribution < -0.4 is 0 Å². The van der Waals surface area contributed by atoms with Crippen LogP contribution in [0, 0.1) is 17.3 Å². The highest BCUT2D eigenvalue weighted by atomic mass is 16.4. The summed E-state index contributed by atoms with van der Waals surface area (Å²) in [6, 6.07) is 0. The zero-order valence-corrected chi connectivity index (χ0v) is 19.7. The summed E-state index contributed by atoms with van der Waals surface area (Å²) in [4.78, 5) is 23.3. The van der Waals surface area contributed by atoms with Gasteiger partial charge >= 0.3 is 11.9 Å². The van der Waals surface area contributed by atoms with Crippen LogP contribution >= 0.6 is 0 Å². The van der Waals surface area contributed by atoms with Crippen molar-refractivity contribution in [1.82, 2.24) is 0 Å². The molecule has 4 heteroatoms. The van der Waals surface area contributed by atoms with Gasteiger partial charge in [0.05, 0.1) is 5.41 Å². The number of carboxylic acids is 2. The van der Waals surface area contributed by atoms with Gasteiger partial charge in [0.15, 0.2) is 0 Å². The van der Waals surface area contributed by atoms with Crippen LogP contribution in [0.4, 0.5) is 0 Å². The molecular formula is C25H48O4. The predicted octanol–water partition coefficient (Wildman–Crippen LogP) is 7.70. The number of hydrogen-bond donors (Lipinski definition) is 2. The highest BCUT2D eigenvalue weighted by Gasteiger charge is 2.40. The van der Waals surface area contributed by atoms with Crippen molar-refractivity contribution in [3.05, 3.63) is 0 Å². The van der Waals surface area contributed by atoms with Gasteiger partial charge in [0, 0.05) is 6.42 Å². The van der Waals surface area contributed by atoms with Gasteiger partial charge in [0.1, 0.15) is 0 Å². The molecule has 0 aliphatic heterocycles. The molecule has 0 fully saturated rings. The summed E-state index contributed by atoms with van der Waals surface area (Å²) < 4.78 is 0. The van der Waals surface area contributed by atoms with E-state index in [4.69, 9.17) is 5.11 Å². The monoisotopic (exact) mass is 412 g/mol. The summed E-state index contributed by atoms with van der Waals surface area (Å²) in [5, 5.41) is 19.1. The van der Waals surface area contributed by atoms with Gasteiger partial charge in [0.25, 0.3) is 0 Å². The first-order chi connectivity index (χ1) is 13.8. The molecule has 2 unspecified atom stereocenters. The lowest BCUT2D eigenvalue weighted by Crippen LogP contribution is -2.36. The van der Waals surface area contributed by atoms with Crippen LogP contribution in [0.1, 0.15) is 130 Å². The van der Waals surface area contributed by atoms with Crippen molar-refractivity contribution in [1.29, 1.82) is 0 Å². The molecule has 0 aliphatic rings. The van der Waals surface area contributed by atoms with Gasteiger partial charge in [-0.1, -0.05) is 98.3 Å². The smallest absolute Gasteiger partial charge is 0.309 e. The van der Waals surface area contributed by atoms with Crippen molar-refractivity contribution >= 4 is 11.9 Å². The van der Waals surface area contributed by atoms with Crippen molar-refractivity contribution in [3.8, 4) is 0 Å². The second-order valence-electron chi connectivity index (χ2n) is 9.13. The SMILES string of the molecule is CCCCC(CC)CC(CCCCCCC(=O)O)(CC(CC)CCCC)C(=O)O. The van der Waals surface area contributed by atoms with Crippen molar-refractivity contribution in [2.75, 3.05) is 0 Å². The third-order valence-electron chi connectivity index (χ3n) is 6.70. The third-order valence-corrected chi connectivity index (χ3v) is 6.70. The third kappa shape index (κ3) is 12.3. The van der Waals surface area contributed by atoms with E-state index in [-0.39, 0.29) is 6.42 Å². The Balaban J connectivity index is 5.19. The fourth-order valence-corrected chi connectivity index (χ4v) is 4.65. The largest absolute Gasteiger partial charge is 0.481 e. The second-order valence-corrected chi connectivity index (χ2v) is 9.13. The molecular weight excluding hydrogens is 364 g/mol. The average molecular weight is 413 g/mol. The second kappa shape index (κ2) is 16.7. The molecule has 0 aromatic rings. The molecule has 0 saturated heterocycles. The Labute approximate surface area is 179 Å². The first kappa shape index (κ1) is 27.9. The Morgan fingerprint density at radius 2 is 1.21 bits per heavy atom. The highest BCUT2D eigenvalue weighted by molar-refractivity contribution is 5.74. The fraction of sp³-hybridized carbons (Fsp3) is 0.920. The molecule has 2 atom stereocenters. The maximum absolute atomic E-state index is 12.6. The molecule has 29 heavy (non-hydrogen) atoms. The topological polar surface area (TPSA) is 74.6 Å². The molecule has 0 aromatic heterocycles. The summed E-state index contributed by atoms with van der Waals surface area (Å²) >= 11 is 0. The molecule has 172 valence electrons. The van der Waals surface area contributed by atoms with Crippen molar-refractivity contribution < 1.29 is 19.8 Å². The molecule has 0 aromatic carbocycles. The van der Waals surface area contributed by atoms with E-state index in [2.05, 4.69) is 27.7 Å². The maximum Gasteiger partial charge on any atom is 0.309 e. The summed E-state index contributed by atoms with van der Waals surface area (Å²) in [7, 11) is 0. The van der Waals surface area contributed by atoms with Gasteiger partial charge < -0.3 is 10.2 Å². The minimum atomic E-state index is -0.742. The minimum Gasteiger partial charge on any atom is -0.481 e. The number of rotatable bonds is 20. The Hall–Kier alpha value is -1.06. The Bertz CT molecular complexity index is 415. The Kier molecular flexibility index (Phi) is 16.1. The van der Waals surface area contributed by atoms with E-state index in [1.54, 1.807) is 0 Å². The van der Waals surface area contributed by atoms with E-state index in [1.165, 1.54) is 12.8 Å². The van der Waals surface area contributed by atoms with E-state index in [1.807, 2.05) is 0 Å². The molecule has 0 saturated carbocycles. The van der Waals surface area contributed by atoms with E-state index in [0.717, 1.165) is 77.0 Å². The van der Waals surface area contributed by atoms with Crippen LogP contribution in [-0.4, -0.2) is 22.2 Å². The predicted molar refractivity (Wildman–Crippen MR) is 121 cm³/mol. The molecule has 0 amide bonds. The van der Waals surface area contributed by atoms with Crippen LogP contribution in [0.15, 0.2) is 0 Å². The maximum atomic E-state index is 12.6. The van der Waals surface area contributed by atoms with Crippen LogP contribution in [0.25, 0.3) is 0 Å². The Morgan fingerprint density at radius 1 is 0.724 bits per heavy atom. The number of unbranched alkanes of at least 4 members (excludes halogenated alkanes) is 5. The molecule has 2 N–H and O–H groups in total. The lowest BCUT2D eigenvalue weighted by molar-refractivity contribution is -0.152. The number of carbonyl (C=O) groups is 2. The van der Waals surface area contributed by atoms with E-state index in [9.17, 15) is 14.7 Å². The molecule has 0 bridgehead atoms. The van der Waals surface area contributed by atoms with Gasteiger partial charge in [-0.25, -0.2) is 0 Å². The molecule has 0 heterocycles. The van der Waals surface area contributed by atoms with Gasteiger partial charge in [-0.3, -0.25) is 9.59 Å². The van der Waals surface area contributed by atoms with E-state index in [0.29, 0.717) is 18.3 Å². The standard InChI is InChI=1S/C25H48O4/c1-5-9-15-21(7-3)19-25(24(28)29,20-22(8-4)16-10-6-2)18-14-12-11-13-17-23(26)27/h21-22H,5-20H2,1-4H3,(H,26,27)(H,28,29). The van der Waals surface area contributed by atoms with Crippen LogP contribution in [0.2, 0.25) is 0 Å². The summed E-state index contributed by atoms with van der Waals surface area (Å²) in [5.41, 5.74) is -0.615. The number of aliphatic carboxylic acids is 2. The number of hydrogen-bond acceptors (Lipinski definition) is 2. The van der Waals surface area contributed by atoms with Crippen molar-refractivity contribution in [2.24, 2.45) is 17.3 Å². The van der Waals surface area contributed by atoms with Gasteiger partial charge in [-0.05, 0) is 37.5 Å². The minimum absolute atomic E-state index is 0.216. The molecule has 0 rings (SSSR count). The fourth-order valence-electron chi connectivity index (χ4n) is 4.65. The average Bonchev–Trinajstić information content (AvgIpc) is 2.69. The van der Waals surface area contributed by atoms with Crippen LogP contribution in [0.5, 0.6) is 0 Å². The number of carboxylic acid groups (broad SMARTS) is 2. The Morgan fingerprint density at radius 3 is 1.59 bits per heavy atom. The zero-order valence-electron chi connectivity index (χ0n) is 19.7. The van der Waals surface area contributed by atoms with Crippen LogP contribution in [0.3, 0.4) is 0 Å². The first-order valence-electron chi connectivity index (χ1n) is 12.3. The summed E-state index contributed by atoms with van der Waals surface area (Å²) in [6.07, 6.45) is 15.0. The first-order valence-corrected chi connectivity index (χ1v) is 12.3. The van der Waals surface area contributed by atoms with Crippen molar-refractivity contribution in [2.45, 2.75) is 130 Å².